The molecule has 1 atom stereocenters. The van der Waals surface area contributed by atoms with Gasteiger partial charge in [-0.1, -0.05) is 6.92 Å². The van der Waals surface area contributed by atoms with Crippen LogP contribution in [0.4, 0.5) is 10.5 Å². The summed E-state index contributed by atoms with van der Waals surface area (Å²) >= 11 is 5.02. The number of thioether (sulfide) groups is 1. The maximum absolute atomic E-state index is 11.7. The zero-order valence-corrected chi connectivity index (χ0v) is 13.7. The number of carboxylic acid groups (broad SMARTS) is 1. The molecule has 0 saturated carbocycles. The molecule has 0 radical (unpaired) electrons. The van der Waals surface area contributed by atoms with Crippen LogP contribution in [0.2, 0.25) is 0 Å². The number of carbonyl (C=O) groups is 2. The molecule has 0 aliphatic heterocycles. The fraction of sp³-hybridized carbons (Fsp3) is 0.385. The maximum atomic E-state index is 11.7. The molecule has 20 heavy (non-hydrogen) atoms. The number of aromatic carboxylic acids is 1. The Balaban J connectivity index is 2.57. The maximum Gasteiger partial charge on any atom is 0.335 e. The van der Waals surface area contributed by atoms with Gasteiger partial charge in [0.15, 0.2) is 0 Å². The third kappa shape index (κ3) is 5.42. The molecule has 0 fully saturated rings. The van der Waals surface area contributed by atoms with E-state index in [4.69, 9.17) is 5.11 Å². The van der Waals surface area contributed by atoms with Crippen molar-refractivity contribution < 1.29 is 14.7 Å². The largest absolute Gasteiger partial charge is 0.478 e. The van der Waals surface area contributed by atoms with Gasteiger partial charge in [0.25, 0.3) is 0 Å². The van der Waals surface area contributed by atoms with E-state index >= 15 is 0 Å². The lowest BCUT2D eigenvalue weighted by Crippen LogP contribution is -2.30. The molecule has 2 amide bonds. The van der Waals surface area contributed by atoms with Gasteiger partial charge in [0.1, 0.15) is 0 Å². The summed E-state index contributed by atoms with van der Waals surface area (Å²) in [6, 6.07) is 4.13. The first-order valence-electron chi connectivity index (χ1n) is 6.04. The molecule has 1 rings (SSSR count). The zero-order valence-electron chi connectivity index (χ0n) is 11.3. The summed E-state index contributed by atoms with van der Waals surface area (Å²) in [7, 11) is 0. The highest BCUT2D eigenvalue weighted by Gasteiger charge is 2.09. The van der Waals surface area contributed by atoms with Crippen molar-refractivity contribution in [2.45, 2.75) is 18.6 Å². The first kappa shape index (κ1) is 16.8. The van der Waals surface area contributed by atoms with Gasteiger partial charge in [0, 0.05) is 16.3 Å². The third-order valence-corrected chi connectivity index (χ3v) is 4.43. The van der Waals surface area contributed by atoms with Crippen molar-refractivity contribution in [1.29, 1.82) is 0 Å². The van der Waals surface area contributed by atoms with Gasteiger partial charge in [-0.05, 0) is 46.8 Å². The molecule has 5 nitrogen and oxygen atoms in total. The highest BCUT2D eigenvalue weighted by atomic mass is 79.9. The van der Waals surface area contributed by atoms with Crippen molar-refractivity contribution in [3.05, 3.63) is 28.2 Å². The van der Waals surface area contributed by atoms with Gasteiger partial charge in [-0.2, -0.15) is 11.8 Å². The summed E-state index contributed by atoms with van der Waals surface area (Å²) in [5, 5.41) is 14.8. The van der Waals surface area contributed by atoms with Gasteiger partial charge in [0.05, 0.1) is 11.3 Å². The number of urea groups is 1. The Morgan fingerprint density at radius 2 is 2.15 bits per heavy atom. The summed E-state index contributed by atoms with van der Waals surface area (Å²) in [5.74, 6) is -1.03. The molecule has 1 aromatic rings. The summed E-state index contributed by atoms with van der Waals surface area (Å²) in [5.41, 5.74) is 0.555. The van der Waals surface area contributed by atoms with Gasteiger partial charge in [-0.25, -0.2) is 9.59 Å². The highest BCUT2D eigenvalue weighted by molar-refractivity contribution is 9.10. The number of carboxylic acids is 1. The van der Waals surface area contributed by atoms with Gasteiger partial charge in [-0.15, -0.1) is 0 Å². The van der Waals surface area contributed by atoms with Crippen LogP contribution in [0.3, 0.4) is 0 Å². The van der Waals surface area contributed by atoms with Crippen LogP contribution in [-0.2, 0) is 0 Å². The lowest BCUT2D eigenvalue weighted by Gasteiger charge is -2.11. The summed E-state index contributed by atoms with van der Waals surface area (Å²) in [4.78, 5) is 22.6. The number of carbonyl (C=O) groups excluding carboxylic acids is 1. The van der Waals surface area contributed by atoms with Crippen LogP contribution in [0.25, 0.3) is 0 Å². The Morgan fingerprint density at radius 3 is 2.75 bits per heavy atom. The average Bonchev–Trinajstić information content (AvgIpc) is 2.40. The van der Waals surface area contributed by atoms with E-state index in [0.717, 1.165) is 6.42 Å². The Labute approximate surface area is 130 Å². The van der Waals surface area contributed by atoms with E-state index < -0.39 is 5.97 Å². The normalized spacial score (nSPS) is 11.8. The first-order chi connectivity index (χ1) is 9.43. The second-order valence-corrected chi connectivity index (χ2v) is 6.35. The standard InChI is InChI=1S/C13H17BrN2O3S/c1-8(20-2)5-6-15-13(19)16-11-7-9(12(17)18)3-4-10(11)14/h3-4,7-8H,5-6H2,1-2H3,(H,17,18)(H2,15,16,19). The molecule has 0 spiro atoms. The molecular weight excluding hydrogens is 344 g/mol. The van der Waals surface area contributed by atoms with Crippen molar-refractivity contribution >= 4 is 45.4 Å². The number of halogens is 1. The number of amides is 2. The average molecular weight is 361 g/mol. The summed E-state index contributed by atoms with van der Waals surface area (Å²) in [6.07, 6.45) is 2.91. The first-order valence-corrected chi connectivity index (χ1v) is 8.12. The minimum Gasteiger partial charge on any atom is -0.478 e. The predicted octanol–water partition coefficient (Wildman–Crippen LogP) is 3.41. The fourth-order valence-electron chi connectivity index (χ4n) is 1.43. The molecule has 7 heteroatoms. The number of rotatable bonds is 6. The fourth-order valence-corrected chi connectivity index (χ4v) is 2.13. The molecule has 1 aromatic carbocycles. The summed E-state index contributed by atoms with van der Waals surface area (Å²) < 4.78 is 0.634. The number of anilines is 1. The molecule has 110 valence electrons. The molecule has 0 aliphatic carbocycles. The smallest absolute Gasteiger partial charge is 0.335 e. The molecule has 0 aromatic heterocycles. The monoisotopic (exact) mass is 360 g/mol. The molecular formula is C13H17BrN2O3S. The van der Waals surface area contributed by atoms with Crippen molar-refractivity contribution in [3.63, 3.8) is 0 Å². The zero-order chi connectivity index (χ0) is 15.1. The topological polar surface area (TPSA) is 78.4 Å². The third-order valence-electron chi connectivity index (χ3n) is 2.70. The Morgan fingerprint density at radius 1 is 1.45 bits per heavy atom. The van der Waals surface area contributed by atoms with Crippen LogP contribution in [-0.4, -0.2) is 35.2 Å². The van der Waals surface area contributed by atoms with Gasteiger partial charge >= 0.3 is 12.0 Å². The van der Waals surface area contributed by atoms with E-state index in [1.165, 1.54) is 12.1 Å². The second kappa shape index (κ2) is 8.16. The highest BCUT2D eigenvalue weighted by Crippen LogP contribution is 2.23. The second-order valence-electron chi connectivity index (χ2n) is 4.22. The van der Waals surface area contributed by atoms with Crippen molar-refractivity contribution in [1.82, 2.24) is 5.32 Å². The van der Waals surface area contributed by atoms with Crippen LogP contribution in [0, 0.1) is 0 Å². The van der Waals surface area contributed by atoms with Crippen molar-refractivity contribution in [2.24, 2.45) is 0 Å². The quantitative estimate of drug-likeness (QED) is 0.726. The SMILES string of the molecule is CSC(C)CCNC(=O)Nc1cc(C(=O)O)ccc1Br. The van der Waals surface area contributed by atoms with E-state index in [-0.39, 0.29) is 11.6 Å². The van der Waals surface area contributed by atoms with E-state index in [0.29, 0.717) is 22.0 Å². The molecule has 0 bridgehead atoms. The van der Waals surface area contributed by atoms with Crippen molar-refractivity contribution in [3.8, 4) is 0 Å². The number of benzene rings is 1. The molecule has 0 saturated heterocycles. The van der Waals surface area contributed by atoms with E-state index in [1.807, 2.05) is 6.26 Å². The molecule has 0 aliphatic rings. The van der Waals surface area contributed by atoms with Crippen LogP contribution in [0.15, 0.2) is 22.7 Å². The van der Waals surface area contributed by atoms with Crippen LogP contribution >= 0.6 is 27.7 Å². The Hall–Kier alpha value is -1.21. The van der Waals surface area contributed by atoms with E-state index in [2.05, 4.69) is 33.5 Å². The Bertz CT molecular complexity index is 497. The van der Waals surface area contributed by atoms with Crippen molar-refractivity contribution in [2.75, 3.05) is 18.1 Å². The minimum absolute atomic E-state index is 0.125. The van der Waals surface area contributed by atoms with Crippen LogP contribution < -0.4 is 10.6 Å². The Kier molecular flexibility index (Phi) is 6.87. The minimum atomic E-state index is -1.03. The van der Waals surface area contributed by atoms with Gasteiger partial charge in [0.2, 0.25) is 0 Å². The van der Waals surface area contributed by atoms with Crippen LogP contribution in [0.1, 0.15) is 23.7 Å². The number of hydrogen-bond donors (Lipinski definition) is 3. The molecule has 1 unspecified atom stereocenters. The number of hydrogen-bond acceptors (Lipinski definition) is 3. The lowest BCUT2D eigenvalue weighted by molar-refractivity contribution is 0.0697. The van der Waals surface area contributed by atoms with Crippen LogP contribution in [0.5, 0.6) is 0 Å². The lowest BCUT2D eigenvalue weighted by atomic mass is 10.2. The van der Waals surface area contributed by atoms with Gasteiger partial charge in [-0.3, -0.25) is 0 Å². The van der Waals surface area contributed by atoms with Gasteiger partial charge < -0.3 is 15.7 Å². The molecule has 0 heterocycles. The predicted molar refractivity (Wildman–Crippen MR) is 85.7 cm³/mol. The molecule has 3 N–H and O–H groups in total. The number of nitrogens with one attached hydrogen (secondary N) is 2. The van der Waals surface area contributed by atoms with E-state index in [9.17, 15) is 9.59 Å². The van der Waals surface area contributed by atoms with E-state index in [1.54, 1.807) is 17.8 Å². The summed E-state index contributed by atoms with van der Waals surface area (Å²) in [6.45, 7) is 2.67.